The smallest absolute Gasteiger partial charge is 0.225 e. The number of amides is 1. The summed E-state index contributed by atoms with van der Waals surface area (Å²) in [6.07, 6.45) is 2.65. The first-order chi connectivity index (χ1) is 11.7. The maximum Gasteiger partial charge on any atom is 0.225 e. The Hall–Kier alpha value is -1.91. The Morgan fingerprint density at radius 1 is 1.21 bits per heavy atom. The summed E-state index contributed by atoms with van der Waals surface area (Å²) in [5.74, 6) is 0.395. The summed E-state index contributed by atoms with van der Waals surface area (Å²) < 4.78 is 0. The summed E-state index contributed by atoms with van der Waals surface area (Å²) in [6, 6.07) is 14.5. The number of nitrogens with zero attached hydrogens (tertiary/aromatic N) is 1. The first-order valence-corrected chi connectivity index (χ1v) is 8.80. The molecule has 3 rings (SSSR count). The molecule has 0 radical (unpaired) electrons. The van der Waals surface area contributed by atoms with Crippen molar-refractivity contribution in [2.75, 3.05) is 25.0 Å². The molecule has 2 aromatic rings. The van der Waals surface area contributed by atoms with E-state index in [9.17, 15) is 9.90 Å². The fourth-order valence-corrected chi connectivity index (χ4v) is 3.52. The molecule has 0 aliphatic carbocycles. The molecule has 24 heavy (non-hydrogen) atoms. The molecule has 0 aromatic heterocycles. The highest BCUT2D eigenvalue weighted by Gasteiger charge is 2.25. The number of carbonyl (C=O) groups excluding carboxylic acids is 1. The zero-order valence-corrected chi connectivity index (χ0v) is 14.2. The van der Waals surface area contributed by atoms with Gasteiger partial charge in [-0.3, -0.25) is 9.69 Å². The number of likely N-dealkylation sites (tertiary alicyclic amines) is 1. The van der Waals surface area contributed by atoms with Crippen LogP contribution in [-0.2, 0) is 4.79 Å². The lowest BCUT2D eigenvalue weighted by molar-refractivity contribution is -0.116. The molecule has 2 aromatic carbocycles. The summed E-state index contributed by atoms with van der Waals surface area (Å²) in [4.78, 5) is 14.7. The van der Waals surface area contributed by atoms with E-state index in [0.717, 1.165) is 42.4 Å². The van der Waals surface area contributed by atoms with E-state index < -0.39 is 0 Å². The third-order valence-corrected chi connectivity index (χ3v) is 5.06. The van der Waals surface area contributed by atoms with Gasteiger partial charge in [-0.25, -0.2) is 0 Å². The van der Waals surface area contributed by atoms with Gasteiger partial charge in [-0.15, -0.1) is 0 Å². The van der Waals surface area contributed by atoms with Gasteiger partial charge in [0.05, 0.1) is 0 Å². The Morgan fingerprint density at radius 2 is 2.00 bits per heavy atom. The first-order valence-electron chi connectivity index (χ1n) is 8.80. The van der Waals surface area contributed by atoms with Gasteiger partial charge in [0.25, 0.3) is 0 Å². The number of anilines is 1. The van der Waals surface area contributed by atoms with Crippen LogP contribution >= 0.6 is 0 Å². The number of hydrogen-bond acceptors (Lipinski definition) is 3. The van der Waals surface area contributed by atoms with E-state index in [0.29, 0.717) is 18.4 Å². The van der Waals surface area contributed by atoms with Crippen LogP contribution in [0.1, 0.15) is 26.2 Å². The van der Waals surface area contributed by atoms with Gasteiger partial charge in [-0.05, 0) is 37.1 Å². The molecule has 0 spiro atoms. The second-order valence-corrected chi connectivity index (χ2v) is 6.79. The van der Waals surface area contributed by atoms with Crippen LogP contribution in [0.5, 0.6) is 0 Å². The molecule has 1 aliphatic rings. The van der Waals surface area contributed by atoms with Gasteiger partial charge in [0, 0.05) is 43.2 Å². The average Bonchev–Trinajstić information content (AvgIpc) is 2.61. The van der Waals surface area contributed by atoms with E-state index >= 15 is 0 Å². The van der Waals surface area contributed by atoms with Crippen LogP contribution < -0.4 is 5.32 Å². The SMILES string of the molecule is CC1CCC(CO)CN1CCC(=O)Nc1cccc2ccccc12. The van der Waals surface area contributed by atoms with Crippen molar-refractivity contribution in [2.45, 2.75) is 32.2 Å². The van der Waals surface area contributed by atoms with Gasteiger partial charge >= 0.3 is 0 Å². The largest absolute Gasteiger partial charge is 0.396 e. The molecule has 2 unspecified atom stereocenters. The monoisotopic (exact) mass is 326 g/mol. The molecule has 0 bridgehead atoms. The highest BCUT2D eigenvalue weighted by atomic mass is 16.3. The average molecular weight is 326 g/mol. The van der Waals surface area contributed by atoms with Crippen molar-refractivity contribution in [3.05, 3.63) is 42.5 Å². The van der Waals surface area contributed by atoms with Gasteiger partial charge in [-0.2, -0.15) is 0 Å². The molecule has 1 saturated heterocycles. The molecular weight excluding hydrogens is 300 g/mol. The predicted octanol–water partition coefficient (Wildman–Crippen LogP) is 3.26. The third kappa shape index (κ3) is 3.94. The molecule has 128 valence electrons. The number of rotatable bonds is 5. The van der Waals surface area contributed by atoms with Crippen molar-refractivity contribution in [3.8, 4) is 0 Å². The highest BCUT2D eigenvalue weighted by Crippen LogP contribution is 2.24. The van der Waals surface area contributed by atoms with E-state index in [-0.39, 0.29) is 12.5 Å². The molecule has 1 heterocycles. The Bertz CT molecular complexity index is 696. The molecular formula is C20H26N2O2. The van der Waals surface area contributed by atoms with E-state index in [1.165, 1.54) is 0 Å². The minimum atomic E-state index is 0.0460. The quantitative estimate of drug-likeness (QED) is 0.887. The molecule has 0 saturated carbocycles. The minimum Gasteiger partial charge on any atom is -0.396 e. The first kappa shape index (κ1) is 16.9. The summed E-state index contributed by atoms with van der Waals surface area (Å²) in [6.45, 7) is 4.08. The topological polar surface area (TPSA) is 52.6 Å². The lowest BCUT2D eigenvalue weighted by atomic mass is 9.94. The van der Waals surface area contributed by atoms with Gasteiger partial charge in [0.1, 0.15) is 0 Å². The number of aliphatic hydroxyl groups is 1. The van der Waals surface area contributed by atoms with Crippen molar-refractivity contribution in [1.29, 1.82) is 0 Å². The fourth-order valence-electron chi connectivity index (χ4n) is 3.52. The van der Waals surface area contributed by atoms with Crippen molar-refractivity contribution in [2.24, 2.45) is 5.92 Å². The molecule has 2 N–H and O–H groups in total. The third-order valence-electron chi connectivity index (χ3n) is 5.06. The zero-order chi connectivity index (χ0) is 16.9. The zero-order valence-electron chi connectivity index (χ0n) is 14.2. The number of fused-ring (bicyclic) bond motifs is 1. The van der Waals surface area contributed by atoms with Crippen LogP contribution in [0.4, 0.5) is 5.69 Å². The number of piperidine rings is 1. The minimum absolute atomic E-state index is 0.0460. The van der Waals surface area contributed by atoms with Crippen LogP contribution in [0.3, 0.4) is 0 Å². The second-order valence-electron chi connectivity index (χ2n) is 6.79. The van der Waals surface area contributed by atoms with Crippen LogP contribution in [0.25, 0.3) is 10.8 Å². The van der Waals surface area contributed by atoms with Gasteiger partial charge in [-0.1, -0.05) is 36.4 Å². The van der Waals surface area contributed by atoms with E-state index in [4.69, 9.17) is 0 Å². The normalized spacial score (nSPS) is 21.8. The Kier molecular flexibility index (Phi) is 5.48. The predicted molar refractivity (Wildman–Crippen MR) is 98.0 cm³/mol. The standard InChI is InChI=1S/C20H26N2O2/c1-15-9-10-16(14-23)13-22(15)12-11-20(24)21-19-8-4-6-17-5-2-3-7-18(17)19/h2-8,15-16,23H,9-14H2,1H3,(H,21,24). The van der Waals surface area contributed by atoms with Crippen molar-refractivity contribution < 1.29 is 9.90 Å². The molecule has 1 aliphatic heterocycles. The lowest BCUT2D eigenvalue weighted by Crippen LogP contribution is -2.43. The summed E-state index contributed by atoms with van der Waals surface area (Å²) in [7, 11) is 0. The maximum atomic E-state index is 12.4. The summed E-state index contributed by atoms with van der Waals surface area (Å²) in [5, 5.41) is 14.6. The van der Waals surface area contributed by atoms with Gasteiger partial charge < -0.3 is 10.4 Å². The van der Waals surface area contributed by atoms with Crippen LogP contribution in [0.15, 0.2) is 42.5 Å². The number of aliphatic hydroxyl groups excluding tert-OH is 1. The van der Waals surface area contributed by atoms with E-state index in [1.54, 1.807) is 0 Å². The second kappa shape index (κ2) is 7.77. The van der Waals surface area contributed by atoms with Crippen LogP contribution in [-0.4, -0.2) is 41.7 Å². The highest BCUT2D eigenvalue weighted by molar-refractivity contribution is 6.02. The number of nitrogens with one attached hydrogen (secondary N) is 1. The van der Waals surface area contributed by atoms with Gasteiger partial charge in [0.2, 0.25) is 5.91 Å². The van der Waals surface area contributed by atoms with Crippen LogP contribution in [0, 0.1) is 5.92 Å². The van der Waals surface area contributed by atoms with Crippen molar-refractivity contribution in [3.63, 3.8) is 0 Å². The molecule has 4 heteroatoms. The Balaban J connectivity index is 1.59. The Morgan fingerprint density at radius 3 is 2.83 bits per heavy atom. The van der Waals surface area contributed by atoms with E-state index in [2.05, 4.69) is 29.3 Å². The molecule has 1 amide bonds. The van der Waals surface area contributed by atoms with E-state index in [1.807, 2.05) is 30.3 Å². The Labute approximate surface area is 143 Å². The lowest BCUT2D eigenvalue weighted by Gasteiger charge is -2.37. The number of carbonyl (C=O) groups is 1. The van der Waals surface area contributed by atoms with Gasteiger partial charge in [0.15, 0.2) is 0 Å². The maximum absolute atomic E-state index is 12.4. The number of benzene rings is 2. The summed E-state index contributed by atoms with van der Waals surface area (Å²) >= 11 is 0. The van der Waals surface area contributed by atoms with Crippen molar-refractivity contribution in [1.82, 2.24) is 4.90 Å². The van der Waals surface area contributed by atoms with Crippen LogP contribution in [0.2, 0.25) is 0 Å². The molecule has 4 nitrogen and oxygen atoms in total. The molecule has 1 fully saturated rings. The summed E-state index contributed by atoms with van der Waals surface area (Å²) in [5.41, 5.74) is 0.873. The molecule has 2 atom stereocenters. The number of hydrogen-bond donors (Lipinski definition) is 2. The fraction of sp³-hybridized carbons (Fsp3) is 0.450. The van der Waals surface area contributed by atoms with Crippen molar-refractivity contribution >= 4 is 22.4 Å².